The molecule has 0 aliphatic carbocycles. The average Bonchev–Trinajstić information content (AvgIpc) is 2.03. The highest BCUT2D eigenvalue weighted by Crippen LogP contribution is 2.24. The van der Waals surface area contributed by atoms with Gasteiger partial charge >= 0.3 is 0 Å². The molecule has 0 saturated heterocycles. The van der Waals surface area contributed by atoms with Crippen molar-refractivity contribution in [1.82, 2.24) is 0 Å². The molecule has 0 bridgehead atoms. The molecule has 1 nitrogen and oxygen atoms in total. The number of carbonyl (C=O) groups excluding carboxylic acids is 1. The Morgan fingerprint density at radius 3 is 2.50 bits per heavy atom. The van der Waals surface area contributed by atoms with Crippen LogP contribution in [0.15, 0.2) is 22.7 Å². The predicted molar refractivity (Wildman–Crippen MR) is 53.6 cm³/mol. The van der Waals surface area contributed by atoms with Gasteiger partial charge in [0.15, 0.2) is 0 Å². The number of carbonyl (C=O) groups is 1. The van der Waals surface area contributed by atoms with Gasteiger partial charge in [0.1, 0.15) is 6.29 Å². The van der Waals surface area contributed by atoms with Gasteiger partial charge in [-0.2, -0.15) is 0 Å². The summed E-state index contributed by atoms with van der Waals surface area (Å²) >= 11 is 3.43. The Morgan fingerprint density at radius 2 is 2.08 bits per heavy atom. The molecule has 1 aromatic rings. The van der Waals surface area contributed by atoms with Gasteiger partial charge in [0.05, 0.1) is 0 Å². The highest BCUT2D eigenvalue weighted by Gasteiger charge is 2.04. The van der Waals surface area contributed by atoms with Crippen LogP contribution in [0.25, 0.3) is 0 Å². The molecular weight excluding hydrogens is 216 g/mol. The Kier molecular flexibility index (Phi) is 3.04. The lowest BCUT2D eigenvalue weighted by Gasteiger charge is -2.07. The molecule has 1 aromatic carbocycles. The van der Waals surface area contributed by atoms with Crippen molar-refractivity contribution in [2.45, 2.75) is 19.8 Å². The van der Waals surface area contributed by atoms with E-state index in [1.807, 2.05) is 18.2 Å². The lowest BCUT2D eigenvalue weighted by Crippen LogP contribution is -1.90. The molecule has 0 radical (unpaired) electrons. The van der Waals surface area contributed by atoms with E-state index in [-0.39, 0.29) is 0 Å². The van der Waals surface area contributed by atoms with E-state index in [0.717, 1.165) is 10.8 Å². The third-order valence-corrected chi connectivity index (χ3v) is 2.47. The van der Waals surface area contributed by atoms with Crippen molar-refractivity contribution >= 4 is 22.2 Å². The van der Waals surface area contributed by atoms with Gasteiger partial charge in [-0.15, -0.1) is 0 Å². The molecule has 0 unspecified atom stereocenters. The Bertz CT molecular complexity index is 292. The molecule has 0 heterocycles. The molecule has 0 aliphatic rings. The van der Waals surface area contributed by atoms with E-state index in [1.54, 1.807) is 0 Å². The Balaban J connectivity index is 3.11. The minimum absolute atomic E-state index is 0.486. The zero-order valence-corrected chi connectivity index (χ0v) is 8.76. The number of hydrogen-bond acceptors (Lipinski definition) is 1. The topological polar surface area (TPSA) is 17.1 Å². The van der Waals surface area contributed by atoms with E-state index < -0.39 is 0 Å². The second-order valence-electron chi connectivity index (χ2n) is 3.05. The maximum atomic E-state index is 10.4. The molecule has 0 aliphatic heterocycles. The molecule has 0 spiro atoms. The van der Waals surface area contributed by atoms with Gasteiger partial charge in [0.2, 0.25) is 0 Å². The van der Waals surface area contributed by atoms with E-state index in [9.17, 15) is 4.79 Å². The van der Waals surface area contributed by atoms with Gasteiger partial charge in [0, 0.05) is 10.0 Å². The van der Waals surface area contributed by atoms with Crippen molar-refractivity contribution in [1.29, 1.82) is 0 Å². The number of aldehydes is 1. The second kappa shape index (κ2) is 3.85. The van der Waals surface area contributed by atoms with E-state index >= 15 is 0 Å². The first-order chi connectivity index (χ1) is 5.65. The summed E-state index contributed by atoms with van der Waals surface area (Å²) in [5, 5.41) is 0. The first-order valence-corrected chi connectivity index (χ1v) is 4.69. The van der Waals surface area contributed by atoms with Crippen LogP contribution < -0.4 is 0 Å². The van der Waals surface area contributed by atoms with Crippen molar-refractivity contribution in [3.05, 3.63) is 33.8 Å². The molecular formula is C10H11BrO. The minimum atomic E-state index is 0.486. The molecule has 0 saturated carbocycles. The SMILES string of the molecule is CC(C)c1ccc(C=O)cc1Br. The molecule has 0 fully saturated rings. The van der Waals surface area contributed by atoms with Crippen molar-refractivity contribution in [2.75, 3.05) is 0 Å². The number of hydrogen-bond donors (Lipinski definition) is 0. The van der Waals surface area contributed by atoms with Gasteiger partial charge in [-0.05, 0) is 17.5 Å². The van der Waals surface area contributed by atoms with Crippen molar-refractivity contribution in [2.24, 2.45) is 0 Å². The largest absolute Gasteiger partial charge is 0.298 e. The summed E-state index contributed by atoms with van der Waals surface area (Å²) in [6, 6.07) is 5.67. The molecule has 0 aromatic heterocycles. The molecule has 0 N–H and O–H groups in total. The fraction of sp³-hybridized carbons (Fsp3) is 0.300. The van der Waals surface area contributed by atoms with E-state index in [0.29, 0.717) is 11.5 Å². The smallest absolute Gasteiger partial charge is 0.150 e. The van der Waals surface area contributed by atoms with Gasteiger partial charge in [-0.25, -0.2) is 0 Å². The summed E-state index contributed by atoms with van der Waals surface area (Å²) in [5.41, 5.74) is 1.95. The van der Waals surface area contributed by atoms with Gasteiger partial charge in [-0.1, -0.05) is 41.9 Å². The van der Waals surface area contributed by atoms with Crippen LogP contribution in [0.3, 0.4) is 0 Å². The molecule has 1 rings (SSSR count). The third-order valence-electron chi connectivity index (χ3n) is 1.78. The van der Waals surface area contributed by atoms with Crippen LogP contribution in [-0.2, 0) is 0 Å². The second-order valence-corrected chi connectivity index (χ2v) is 3.91. The molecule has 2 heteroatoms. The maximum absolute atomic E-state index is 10.4. The van der Waals surface area contributed by atoms with Crippen LogP contribution in [0.5, 0.6) is 0 Å². The van der Waals surface area contributed by atoms with Gasteiger partial charge < -0.3 is 0 Å². The molecule has 0 atom stereocenters. The van der Waals surface area contributed by atoms with E-state index in [4.69, 9.17) is 0 Å². The van der Waals surface area contributed by atoms with Crippen LogP contribution in [0.4, 0.5) is 0 Å². The Labute approximate surface area is 80.9 Å². The van der Waals surface area contributed by atoms with Crippen LogP contribution in [0.2, 0.25) is 0 Å². The quantitative estimate of drug-likeness (QED) is 0.707. The van der Waals surface area contributed by atoms with Crippen molar-refractivity contribution < 1.29 is 4.79 Å². The lowest BCUT2D eigenvalue weighted by atomic mass is 10.0. The standard InChI is InChI=1S/C10H11BrO/c1-7(2)9-4-3-8(6-12)5-10(9)11/h3-7H,1-2H3. The Hall–Kier alpha value is -0.630. The first-order valence-electron chi connectivity index (χ1n) is 3.89. The van der Waals surface area contributed by atoms with Crippen molar-refractivity contribution in [3.63, 3.8) is 0 Å². The lowest BCUT2D eigenvalue weighted by molar-refractivity contribution is 0.112. The highest BCUT2D eigenvalue weighted by molar-refractivity contribution is 9.10. The summed E-state index contributed by atoms with van der Waals surface area (Å²) < 4.78 is 1.02. The first kappa shape index (κ1) is 9.46. The summed E-state index contributed by atoms with van der Waals surface area (Å²) in [5.74, 6) is 0.486. The Morgan fingerprint density at radius 1 is 1.42 bits per heavy atom. The fourth-order valence-electron chi connectivity index (χ4n) is 1.08. The monoisotopic (exact) mass is 226 g/mol. The highest BCUT2D eigenvalue weighted by atomic mass is 79.9. The summed E-state index contributed by atoms with van der Waals surface area (Å²) in [7, 11) is 0. The molecule has 0 amide bonds. The van der Waals surface area contributed by atoms with Gasteiger partial charge in [-0.3, -0.25) is 4.79 Å². The summed E-state index contributed by atoms with van der Waals surface area (Å²) in [6.07, 6.45) is 0.856. The minimum Gasteiger partial charge on any atom is -0.298 e. The van der Waals surface area contributed by atoms with Crippen LogP contribution >= 0.6 is 15.9 Å². The van der Waals surface area contributed by atoms with E-state index in [2.05, 4.69) is 29.8 Å². The zero-order valence-electron chi connectivity index (χ0n) is 7.17. The third kappa shape index (κ3) is 1.95. The van der Waals surface area contributed by atoms with E-state index in [1.165, 1.54) is 5.56 Å². The van der Waals surface area contributed by atoms with Crippen LogP contribution in [0, 0.1) is 0 Å². The zero-order chi connectivity index (χ0) is 9.14. The fourth-order valence-corrected chi connectivity index (χ4v) is 1.94. The molecule has 12 heavy (non-hydrogen) atoms. The summed E-state index contributed by atoms with van der Waals surface area (Å²) in [4.78, 5) is 10.4. The average molecular weight is 227 g/mol. The normalized spacial score (nSPS) is 10.3. The number of benzene rings is 1. The number of halogens is 1. The van der Waals surface area contributed by atoms with Crippen molar-refractivity contribution in [3.8, 4) is 0 Å². The van der Waals surface area contributed by atoms with Crippen LogP contribution in [-0.4, -0.2) is 6.29 Å². The number of rotatable bonds is 2. The predicted octanol–water partition coefficient (Wildman–Crippen LogP) is 3.39. The molecule has 64 valence electrons. The summed E-state index contributed by atoms with van der Waals surface area (Å²) in [6.45, 7) is 4.25. The van der Waals surface area contributed by atoms with Crippen LogP contribution in [0.1, 0.15) is 35.7 Å². The maximum Gasteiger partial charge on any atom is 0.150 e. The van der Waals surface area contributed by atoms with Gasteiger partial charge in [0.25, 0.3) is 0 Å².